The maximum Gasteiger partial charge on any atom is 0.138 e. The van der Waals surface area contributed by atoms with E-state index in [0.717, 1.165) is 36.3 Å². The average Bonchev–Trinajstić information content (AvgIpc) is 2.85. The summed E-state index contributed by atoms with van der Waals surface area (Å²) in [5.41, 5.74) is 4.69. The van der Waals surface area contributed by atoms with Crippen LogP contribution in [0, 0.1) is 0 Å². The Bertz CT molecular complexity index is 683. The number of nitrogens with one attached hydrogen (secondary N) is 1. The lowest BCUT2D eigenvalue weighted by molar-refractivity contribution is 0.187. The molecule has 1 aromatic carbocycles. The van der Waals surface area contributed by atoms with E-state index in [-0.39, 0.29) is 6.10 Å². The first kappa shape index (κ1) is 13.7. The van der Waals surface area contributed by atoms with E-state index in [9.17, 15) is 5.11 Å². The Balaban J connectivity index is 1.53. The van der Waals surface area contributed by atoms with E-state index in [2.05, 4.69) is 28.5 Å². The Labute approximate surface area is 130 Å². The van der Waals surface area contributed by atoms with E-state index in [1.807, 2.05) is 12.3 Å². The number of nitrogens with zero attached hydrogens (tertiary/aromatic N) is 1. The van der Waals surface area contributed by atoms with Crippen LogP contribution in [0.1, 0.15) is 17.5 Å². The molecule has 0 unspecified atom stereocenters. The molecule has 22 heavy (non-hydrogen) atoms. The van der Waals surface area contributed by atoms with Gasteiger partial charge in [0, 0.05) is 17.8 Å². The zero-order valence-electron chi connectivity index (χ0n) is 12.5. The largest absolute Gasteiger partial charge is 0.490 e. The van der Waals surface area contributed by atoms with Crippen LogP contribution >= 0.6 is 0 Å². The van der Waals surface area contributed by atoms with Crippen molar-refractivity contribution in [3.05, 3.63) is 47.8 Å². The number of hydrogen-bond donors (Lipinski definition) is 2. The molecule has 2 aromatic rings. The highest BCUT2D eigenvalue weighted by molar-refractivity contribution is 5.65. The Hall–Kier alpha value is -1.91. The van der Waals surface area contributed by atoms with Crippen LogP contribution in [0.3, 0.4) is 0 Å². The highest BCUT2D eigenvalue weighted by Gasteiger charge is 2.20. The van der Waals surface area contributed by atoms with Gasteiger partial charge in [0.2, 0.25) is 0 Å². The lowest BCUT2D eigenvalue weighted by Crippen LogP contribution is -2.46. The minimum absolute atomic E-state index is 0.229. The molecular weight excluding hydrogens is 276 g/mol. The van der Waals surface area contributed by atoms with Crippen LogP contribution in [-0.2, 0) is 12.8 Å². The molecule has 1 fully saturated rings. The molecular formula is C18H20N2O2. The fourth-order valence-electron chi connectivity index (χ4n) is 3.12. The van der Waals surface area contributed by atoms with Crippen molar-refractivity contribution in [3.8, 4) is 16.9 Å². The summed E-state index contributed by atoms with van der Waals surface area (Å²) in [6, 6.07) is 8.90. The summed E-state index contributed by atoms with van der Waals surface area (Å²) in [5.74, 6) is 0.812. The molecule has 2 N–H and O–H groups in total. The van der Waals surface area contributed by atoms with Crippen molar-refractivity contribution in [2.75, 3.05) is 13.2 Å². The molecule has 2 atom stereocenters. The summed E-state index contributed by atoms with van der Waals surface area (Å²) in [6.45, 7) is 1.79. The van der Waals surface area contributed by atoms with Crippen molar-refractivity contribution in [2.24, 2.45) is 0 Å². The van der Waals surface area contributed by atoms with Gasteiger partial charge in [-0.25, -0.2) is 0 Å². The number of ether oxygens (including phenoxy) is 1. The van der Waals surface area contributed by atoms with Crippen LogP contribution in [0.5, 0.6) is 5.75 Å². The van der Waals surface area contributed by atoms with Crippen molar-refractivity contribution in [1.82, 2.24) is 10.3 Å². The fourth-order valence-corrected chi connectivity index (χ4v) is 3.12. The average molecular weight is 296 g/mol. The van der Waals surface area contributed by atoms with Gasteiger partial charge in [-0.3, -0.25) is 4.98 Å². The number of benzene rings is 1. The molecule has 2 heterocycles. The molecule has 114 valence electrons. The lowest BCUT2D eigenvalue weighted by atomic mass is 10.0. The Morgan fingerprint density at radius 1 is 1.14 bits per heavy atom. The molecule has 1 saturated heterocycles. The topological polar surface area (TPSA) is 54.4 Å². The summed E-state index contributed by atoms with van der Waals surface area (Å²) in [6.07, 6.45) is 6.10. The number of aliphatic hydroxyl groups is 1. The van der Waals surface area contributed by atoms with Gasteiger partial charge < -0.3 is 15.2 Å². The normalized spacial score (nSPS) is 23.0. The highest BCUT2D eigenvalue weighted by Crippen LogP contribution is 2.29. The zero-order chi connectivity index (χ0) is 14.9. The van der Waals surface area contributed by atoms with Crippen molar-refractivity contribution in [1.29, 1.82) is 0 Å². The smallest absolute Gasteiger partial charge is 0.138 e. The minimum Gasteiger partial charge on any atom is -0.490 e. The maximum absolute atomic E-state index is 9.77. The van der Waals surface area contributed by atoms with Crippen LogP contribution in [0.2, 0.25) is 0 Å². The van der Waals surface area contributed by atoms with Crippen molar-refractivity contribution >= 4 is 0 Å². The molecule has 1 aliphatic carbocycles. The van der Waals surface area contributed by atoms with Gasteiger partial charge in [0.05, 0.1) is 12.3 Å². The van der Waals surface area contributed by atoms with Gasteiger partial charge in [-0.1, -0.05) is 18.2 Å². The van der Waals surface area contributed by atoms with E-state index in [1.54, 1.807) is 6.20 Å². The third-order valence-electron chi connectivity index (χ3n) is 4.54. The molecule has 2 aliphatic rings. The van der Waals surface area contributed by atoms with Crippen LogP contribution < -0.4 is 10.1 Å². The van der Waals surface area contributed by atoms with Crippen LogP contribution in [0.25, 0.3) is 11.1 Å². The van der Waals surface area contributed by atoms with Gasteiger partial charge in [0.1, 0.15) is 12.4 Å². The summed E-state index contributed by atoms with van der Waals surface area (Å²) < 4.78 is 5.82. The number of aliphatic hydroxyl groups excluding tert-OH is 1. The minimum atomic E-state index is -0.229. The zero-order valence-corrected chi connectivity index (χ0v) is 12.5. The van der Waals surface area contributed by atoms with E-state index < -0.39 is 0 Å². The molecule has 0 spiro atoms. The Morgan fingerprint density at radius 2 is 2.00 bits per heavy atom. The predicted molar refractivity (Wildman–Crippen MR) is 85.0 cm³/mol. The first-order valence-corrected chi connectivity index (χ1v) is 7.89. The summed E-state index contributed by atoms with van der Waals surface area (Å²) in [5, 5.41) is 13.1. The van der Waals surface area contributed by atoms with E-state index >= 15 is 0 Å². The van der Waals surface area contributed by atoms with Crippen LogP contribution in [0.4, 0.5) is 0 Å². The first-order valence-electron chi connectivity index (χ1n) is 7.89. The molecule has 0 radical (unpaired) electrons. The quantitative estimate of drug-likeness (QED) is 0.905. The van der Waals surface area contributed by atoms with E-state index in [4.69, 9.17) is 4.74 Å². The third-order valence-corrected chi connectivity index (χ3v) is 4.54. The van der Waals surface area contributed by atoms with E-state index in [1.165, 1.54) is 17.5 Å². The number of rotatable bonds is 4. The van der Waals surface area contributed by atoms with Crippen molar-refractivity contribution in [3.63, 3.8) is 0 Å². The van der Waals surface area contributed by atoms with Gasteiger partial charge in [-0.15, -0.1) is 0 Å². The number of hydrogen-bond acceptors (Lipinski definition) is 4. The Morgan fingerprint density at radius 3 is 2.82 bits per heavy atom. The number of fused-ring (bicyclic) bond motifs is 1. The predicted octanol–water partition coefficient (Wildman–Crippen LogP) is 1.95. The number of aromatic nitrogens is 1. The highest BCUT2D eigenvalue weighted by atomic mass is 16.5. The van der Waals surface area contributed by atoms with Gasteiger partial charge in [0.25, 0.3) is 0 Å². The van der Waals surface area contributed by atoms with Gasteiger partial charge in [-0.2, -0.15) is 0 Å². The summed E-state index contributed by atoms with van der Waals surface area (Å²) in [7, 11) is 0. The maximum atomic E-state index is 9.77. The third kappa shape index (κ3) is 2.72. The van der Waals surface area contributed by atoms with E-state index in [0.29, 0.717) is 12.6 Å². The Kier molecular flexibility index (Phi) is 3.56. The molecule has 0 amide bonds. The molecule has 4 heteroatoms. The second-order valence-corrected chi connectivity index (χ2v) is 6.21. The van der Waals surface area contributed by atoms with Crippen LogP contribution in [-0.4, -0.2) is 35.4 Å². The molecule has 0 saturated carbocycles. The monoisotopic (exact) mass is 296 g/mol. The van der Waals surface area contributed by atoms with Gasteiger partial charge in [0.15, 0.2) is 0 Å². The van der Waals surface area contributed by atoms with Gasteiger partial charge >= 0.3 is 0 Å². The summed E-state index contributed by atoms with van der Waals surface area (Å²) >= 11 is 0. The van der Waals surface area contributed by atoms with Crippen molar-refractivity contribution < 1.29 is 9.84 Å². The molecule has 4 nitrogen and oxygen atoms in total. The molecule has 1 aliphatic heterocycles. The number of pyridine rings is 1. The molecule has 4 rings (SSSR count). The summed E-state index contributed by atoms with van der Waals surface area (Å²) in [4.78, 5) is 4.30. The molecule has 1 aromatic heterocycles. The standard InChI is InChI=1S/C18H20N2O2/c21-17-6-13-2-1-12(5-14(13)7-17)15-8-18(10-19-9-15)22-11-16-3-4-20-16/h1-2,5,8-10,16-17,20-21H,3-4,6-7,11H2/t16-,17-/m0/s1. The second kappa shape index (κ2) is 5.71. The fraction of sp³-hybridized carbons (Fsp3) is 0.389. The SMILES string of the molecule is O[C@H]1Cc2ccc(-c3cncc(OC[C@@H]4CCN4)c3)cc2C1. The van der Waals surface area contributed by atoms with Crippen molar-refractivity contribution in [2.45, 2.75) is 31.4 Å². The lowest BCUT2D eigenvalue weighted by Gasteiger charge is -2.27. The molecule has 0 bridgehead atoms. The first-order chi connectivity index (χ1) is 10.8. The van der Waals surface area contributed by atoms with Gasteiger partial charge in [-0.05, 0) is 48.6 Å². The van der Waals surface area contributed by atoms with Crippen LogP contribution in [0.15, 0.2) is 36.7 Å². The second-order valence-electron chi connectivity index (χ2n) is 6.21.